The van der Waals surface area contributed by atoms with Crippen LogP contribution in [-0.4, -0.2) is 39.8 Å². The molecule has 0 radical (unpaired) electrons. The molecule has 2 heterocycles. The van der Waals surface area contributed by atoms with Gasteiger partial charge in [0.1, 0.15) is 12.4 Å². The lowest BCUT2D eigenvalue weighted by Gasteiger charge is -2.33. The quantitative estimate of drug-likeness (QED) is 0.503. The van der Waals surface area contributed by atoms with E-state index in [0.29, 0.717) is 22.0 Å². The molecule has 0 aliphatic carbocycles. The van der Waals surface area contributed by atoms with Crippen molar-refractivity contribution in [3.63, 3.8) is 0 Å². The second kappa shape index (κ2) is 9.10. The summed E-state index contributed by atoms with van der Waals surface area (Å²) in [6, 6.07) is 9.90. The van der Waals surface area contributed by atoms with Crippen molar-refractivity contribution in [3.8, 4) is 11.3 Å². The summed E-state index contributed by atoms with van der Waals surface area (Å²) in [6.45, 7) is 6.26. The third kappa shape index (κ3) is 4.35. The third-order valence-corrected chi connectivity index (χ3v) is 5.79. The Balaban J connectivity index is 1.68. The maximum Gasteiger partial charge on any atom is 0.322 e. The highest BCUT2D eigenvalue weighted by Gasteiger charge is 2.34. The van der Waals surface area contributed by atoms with Crippen LogP contribution in [0, 0.1) is 6.57 Å². The molecule has 3 amide bonds. The van der Waals surface area contributed by atoms with Gasteiger partial charge in [-0.05, 0) is 24.3 Å². The molecule has 33 heavy (non-hydrogen) atoms. The number of amides is 3. The predicted molar refractivity (Wildman–Crippen MR) is 123 cm³/mol. The van der Waals surface area contributed by atoms with Crippen LogP contribution in [0.25, 0.3) is 16.1 Å². The van der Waals surface area contributed by atoms with Gasteiger partial charge in [0.05, 0.1) is 30.4 Å². The Kier molecular flexibility index (Phi) is 6.22. The Morgan fingerprint density at radius 3 is 2.70 bits per heavy atom. The zero-order chi connectivity index (χ0) is 23.7. The van der Waals surface area contributed by atoms with Crippen LogP contribution in [0.4, 0.5) is 20.6 Å². The lowest BCUT2D eigenvalue weighted by Crippen LogP contribution is -2.44. The van der Waals surface area contributed by atoms with Crippen LogP contribution in [-0.2, 0) is 6.54 Å². The Labute approximate surface area is 198 Å². The number of halogens is 3. The van der Waals surface area contributed by atoms with E-state index in [4.69, 9.17) is 35.5 Å². The zero-order valence-electron chi connectivity index (χ0n) is 17.1. The van der Waals surface area contributed by atoms with Crippen molar-refractivity contribution in [1.82, 2.24) is 14.7 Å². The van der Waals surface area contributed by atoms with E-state index in [9.17, 15) is 14.0 Å². The number of urea groups is 1. The molecule has 1 aliphatic rings. The Hall–Kier alpha value is -3.61. The minimum atomic E-state index is -0.808. The number of nitrogens with one attached hydrogen (secondary N) is 1. The number of carbonyl (C=O) groups is 2. The highest BCUT2D eigenvalue weighted by Crippen LogP contribution is 2.33. The average molecular weight is 487 g/mol. The van der Waals surface area contributed by atoms with E-state index >= 15 is 0 Å². The first-order valence-corrected chi connectivity index (χ1v) is 10.5. The second-order valence-electron chi connectivity index (χ2n) is 7.39. The van der Waals surface area contributed by atoms with Crippen LogP contribution < -0.4 is 11.1 Å². The van der Waals surface area contributed by atoms with Crippen LogP contribution in [0.15, 0.2) is 42.5 Å². The molecule has 1 aliphatic heterocycles. The molecule has 1 aromatic heterocycles. The molecule has 2 aromatic carbocycles. The first kappa shape index (κ1) is 22.6. The van der Waals surface area contributed by atoms with Crippen LogP contribution in [0.2, 0.25) is 10.0 Å². The number of carbonyl (C=O) groups excluding carboxylic acids is 2. The van der Waals surface area contributed by atoms with E-state index in [2.05, 4.69) is 15.3 Å². The maximum absolute atomic E-state index is 14.0. The summed E-state index contributed by atoms with van der Waals surface area (Å²) < 4.78 is 15.4. The Morgan fingerprint density at radius 2 is 2.06 bits per heavy atom. The molecule has 4 rings (SSSR count). The minimum Gasteiger partial charge on any atom is -0.365 e. The smallest absolute Gasteiger partial charge is 0.322 e. The Morgan fingerprint density at radius 1 is 1.27 bits per heavy atom. The summed E-state index contributed by atoms with van der Waals surface area (Å²) in [4.78, 5) is 29.9. The summed E-state index contributed by atoms with van der Waals surface area (Å²) >= 11 is 12.1. The SMILES string of the molecule is [C-]#[N+]c1ccc(NC(=O)N2Cc3c(C(N)=O)c(-c4cccc(Cl)c4)nn3[C@H](CF)C2)cc1Cl. The van der Waals surface area contributed by atoms with Crippen LogP contribution in [0.1, 0.15) is 22.1 Å². The van der Waals surface area contributed by atoms with Gasteiger partial charge < -0.3 is 16.0 Å². The van der Waals surface area contributed by atoms with Crippen LogP contribution >= 0.6 is 23.2 Å². The van der Waals surface area contributed by atoms with Gasteiger partial charge in [-0.1, -0.05) is 41.4 Å². The van der Waals surface area contributed by atoms with Gasteiger partial charge in [0.25, 0.3) is 5.91 Å². The monoisotopic (exact) mass is 486 g/mol. The topological polar surface area (TPSA) is 97.6 Å². The first-order valence-electron chi connectivity index (χ1n) is 9.78. The number of fused-ring (bicyclic) bond motifs is 1. The number of hydrogen-bond donors (Lipinski definition) is 2. The van der Waals surface area contributed by atoms with Gasteiger partial charge in [0.15, 0.2) is 0 Å². The molecule has 0 saturated carbocycles. The summed E-state index contributed by atoms with van der Waals surface area (Å²) in [7, 11) is 0. The third-order valence-electron chi connectivity index (χ3n) is 5.26. The molecule has 3 N–H and O–H groups in total. The highest BCUT2D eigenvalue weighted by molar-refractivity contribution is 6.33. The van der Waals surface area contributed by atoms with Gasteiger partial charge in [-0.15, -0.1) is 0 Å². The largest absolute Gasteiger partial charge is 0.365 e. The fourth-order valence-electron chi connectivity index (χ4n) is 3.74. The number of nitrogens with two attached hydrogens (primary N) is 1. The molecule has 0 spiro atoms. The second-order valence-corrected chi connectivity index (χ2v) is 8.23. The number of rotatable bonds is 4. The molecule has 0 saturated heterocycles. The van der Waals surface area contributed by atoms with Crippen molar-refractivity contribution in [2.45, 2.75) is 12.6 Å². The maximum atomic E-state index is 14.0. The van der Waals surface area contributed by atoms with Gasteiger partial charge in [0, 0.05) is 27.8 Å². The number of primary amides is 1. The molecule has 8 nitrogen and oxygen atoms in total. The zero-order valence-corrected chi connectivity index (χ0v) is 18.6. The van der Waals surface area contributed by atoms with Gasteiger partial charge in [-0.3, -0.25) is 9.48 Å². The number of aromatic nitrogens is 2. The van der Waals surface area contributed by atoms with Gasteiger partial charge in [-0.2, -0.15) is 5.10 Å². The first-order chi connectivity index (χ1) is 15.8. The fourth-order valence-corrected chi connectivity index (χ4v) is 4.16. The summed E-state index contributed by atoms with van der Waals surface area (Å²) in [5.41, 5.74) is 7.57. The molecule has 0 unspecified atom stereocenters. The number of benzene rings is 2. The standard InChI is InChI=1S/C22H17Cl2FN6O2/c1-27-17-6-5-14(8-16(17)24)28-22(33)30-10-15(9-25)31-18(11-30)19(21(26)32)20(29-31)12-3-2-4-13(23)7-12/h2-8,15H,9-11H2,(H2,26,32)(H,28,33)/t15-/m1/s1. The van der Waals surface area contributed by atoms with Crippen molar-refractivity contribution in [3.05, 3.63) is 75.2 Å². The predicted octanol–water partition coefficient (Wildman–Crippen LogP) is 5.06. The fraction of sp³-hybridized carbons (Fsp3) is 0.182. The van der Waals surface area contributed by atoms with E-state index in [0.717, 1.165) is 0 Å². The van der Waals surface area contributed by atoms with Gasteiger partial charge in [-0.25, -0.2) is 14.0 Å². The molecular weight excluding hydrogens is 470 g/mol. The van der Waals surface area contributed by atoms with Gasteiger partial charge in [0.2, 0.25) is 5.69 Å². The molecule has 168 valence electrons. The lowest BCUT2D eigenvalue weighted by molar-refractivity contribution is 0.0995. The number of alkyl halides is 1. The van der Waals surface area contributed by atoms with Crippen molar-refractivity contribution in [2.75, 3.05) is 18.5 Å². The number of anilines is 1. The molecule has 11 heteroatoms. The van der Waals surface area contributed by atoms with E-state index in [-0.39, 0.29) is 35.1 Å². The molecule has 1 atom stereocenters. The average Bonchev–Trinajstić information content (AvgIpc) is 3.18. The van der Waals surface area contributed by atoms with Crippen molar-refractivity contribution in [2.24, 2.45) is 5.73 Å². The van der Waals surface area contributed by atoms with E-state index in [1.54, 1.807) is 30.3 Å². The van der Waals surface area contributed by atoms with Crippen molar-refractivity contribution in [1.29, 1.82) is 0 Å². The Bertz CT molecular complexity index is 1300. The molecular formula is C22H17Cl2FN6O2. The highest BCUT2D eigenvalue weighted by atomic mass is 35.5. The number of nitrogens with zero attached hydrogens (tertiary/aromatic N) is 4. The molecule has 0 fully saturated rings. The van der Waals surface area contributed by atoms with Crippen molar-refractivity contribution >= 4 is 46.5 Å². The molecule has 0 bridgehead atoms. The lowest BCUT2D eigenvalue weighted by atomic mass is 10.0. The summed E-state index contributed by atoms with van der Waals surface area (Å²) in [5, 5.41) is 7.79. The van der Waals surface area contributed by atoms with Gasteiger partial charge >= 0.3 is 6.03 Å². The summed E-state index contributed by atoms with van der Waals surface area (Å²) in [5.74, 6) is -0.743. The van der Waals surface area contributed by atoms with E-state index in [1.807, 2.05) is 0 Å². The number of hydrogen-bond acceptors (Lipinski definition) is 3. The van der Waals surface area contributed by atoms with Crippen LogP contribution in [0.5, 0.6) is 0 Å². The van der Waals surface area contributed by atoms with E-state index in [1.165, 1.54) is 21.7 Å². The molecule has 3 aromatic rings. The normalized spacial score (nSPS) is 15.0. The van der Waals surface area contributed by atoms with E-state index < -0.39 is 24.7 Å². The van der Waals surface area contributed by atoms with Crippen molar-refractivity contribution < 1.29 is 14.0 Å². The minimum absolute atomic E-state index is 0.0119. The summed E-state index contributed by atoms with van der Waals surface area (Å²) in [6.07, 6.45) is 0. The van der Waals surface area contributed by atoms with Crippen LogP contribution in [0.3, 0.4) is 0 Å².